The predicted octanol–water partition coefficient (Wildman–Crippen LogP) is 2.39. The maximum atomic E-state index is 14.3. The second kappa shape index (κ2) is 5.53. The molecule has 24 heavy (non-hydrogen) atoms. The maximum Gasteiger partial charge on any atom is 0.233 e. The molecule has 0 radical (unpaired) electrons. The van der Waals surface area contributed by atoms with Crippen LogP contribution in [0.15, 0.2) is 24.3 Å². The lowest BCUT2D eigenvalue weighted by molar-refractivity contribution is -0.142. The van der Waals surface area contributed by atoms with Crippen molar-refractivity contribution in [1.29, 1.82) is 0 Å². The number of aliphatic hydroxyl groups is 1. The minimum absolute atomic E-state index is 0.00521. The topological polar surface area (TPSA) is 49.8 Å². The van der Waals surface area contributed by atoms with Gasteiger partial charge in [0.2, 0.25) is 5.91 Å². The lowest BCUT2D eigenvalue weighted by atomic mass is 9.79. The number of hydrogen-bond acceptors (Lipinski definition) is 3. The van der Waals surface area contributed by atoms with Crippen molar-refractivity contribution in [2.45, 2.75) is 61.7 Å². The summed E-state index contributed by atoms with van der Waals surface area (Å²) in [6.07, 6.45) is 3.82. The molecule has 3 atom stereocenters. The van der Waals surface area contributed by atoms with E-state index in [-0.39, 0.29) is 23.4 Å². The Bertz CT molecular complexity index is 660. The van der Waals surface area contributed by atoms with Crippen molar-refractivity contribution in [2.75, 3.05) is 13.7 Å². The first kappa shape index (κ1) is 16.0. The van der Waals surface area contributed by atoms with Crippen LogP contribution in [0.1, 0.15) is 44.1 Å². The largest absolute Gasteiger partial charge is 0.393 e. The average molecular weight is 333 g/mol. The quantitative estimate of drug-likeness (QED) is 0.924. The lowest BCUT2D eigenvalue weighted by Crippen LogP contribution is -2.54. The number of likely N-dealkylation sites (tertiary alicyclic amines) is 1. The first-order valence-corrected chi connectivity index (χ1v) is 8.82. The van der Waals surface area contributed by atoms with Crippen LogP contribution in [0.2, 0.25) is 0 Å². The van der Waals surface area contributed by atoms with E-state index in [9.17, 15) is 14.3 Å². The highest BCUT2D eigenvalue weighted by atomic mass is 19.1. The van der Waals surface area contributed by atoms with E-state index in [1.165, 1.54) is 6.07 Å². The summed E-state index contributed by atoms with van der Waals surface area (Å²) in [7, 11) is 1.70. The molecule has 1 aromatic rings. The highest BCUT2D eigenvalue weighted by Crippen LogP contribution is 2.53. The van der Waals surface area contributed by atoms with Crippen LogP contribution in [0, 0.1) is 5.82 Å². The lowest BCUT2D eigenvalue weighted by Gasteiger charge is -2.43. The van der Waals surface area contributed by atoms with Crippen molar-refractivity contribution in [3.05, 3.63) is 35.6 Å². The third-order valence-corrected chi connectivity index (χ3v) is 6.37. The van der Waals surface area contributed by atoms with Crippen molar-refractivity contribution in [1.82, 2.24) is 4.90 Å². The summed E-state index contributed by atoms with van der Waals surface area (Å²) in [4.78, 5) is 15.2. The fraction of sp³-hybridized carbons (Fsp3) is 0.632. The predicted molar refractivity (Wildman–Crippen MR) is 87.0 cm³/mol. The van der Waals surface area contributed by atoms with Crippen LogP contribution in [0.25, 0.3) is 0 Å². The molecule has 4 nitrogen and oxygen atoms in total. The maximum absolute atomic E-state index is 14.3. The van der Waals surface area contributed by atoms with Crippen molar-refractivity contribution < 1.29 is 19.0 Å². The Morgan fingerprint density at radius 2 is 2.04 bits per heavy atom. The number of fused-ring (bicyclic) bond motifs is 1. The molecule has 5 heteroatoms. The van der Waals surface area contributed by atoms with Crippen molar-refractivity contribution in [2.24, 2.45) is 0 Å². The number of aliphatic hydroxyl groups excluding tert-OH is 1. The Labute approximate surface area is 141 Å². The van der Waals surface area contributed by atoms with E-state index in [0.29, 0.717) is 37.8 Å². The van der Waals surface area contributed by atoms with Crippen molar-refractivity contribution in [3.63, 3.8) is 0 Å². The number of amides is 1. The summed E-state index contributed by atoms with van der Waals surface area (Å²) >= 11 is 0. The van der Waals surface area contributed by atoms with Crippen molar-refractivity contribution in [3.8, 4) is 0 Å². The molecule has 1 aromatic carbocycles. The number of halogens is 1. The molecule has 1 amide bonds. The van der Waals surface area contributed by atoms with E-state index >= 15 is 0 Å². The monoisotopic (exact) mass is 333 g/mol. The molecule has 0 spiro atoms. The Kier molecular flexibility index (Phi) is 3.69. The molecule has 130 valence electrons. The molecule has 3 fully saturated rings. The summed E-state index contributed by atoms with van der Waals surface area (Å²) in [5, 5.41) is 10.1. The van der Waals surface area contributed by atoms with Gasteiger partial charge in [-0.1, -0.05) is 18.2 Å². The molecule has 4 rings (SSSR count). The van der Waals surface area contributed by atoms with Crippen LogP contribution < -0.4 is 0 Å². The fourth-order valence-electron chi connectivity index (χ4n) is 4.77. The Morgan fingerprint density at radius 3 is 2.71 bits per heavy atom. The van der Waals surface area contributed by atoms with Gasteiger partial charge in [-0.05, 0) is 44.6 Å². The molecule has 0 aromatic heterocycles. The number of hydrogen-bond donors (Lipinski definition) is 1. The van der Waals surface area contributed by atoms with E-state index in [1.54, 1.807) is 25.3 Å². The average Bonchev–Trinajstić information content (AvgIpc) is 3.31. The molecule has 1 heterocycles. The van der Waals surface area contributed by atoms with Crippen LogP contribution in [0.4, 0.5) is 4.39 Å². The molecule has 1 aliphatic heterocycles. The Morgan fingerprint density at radius 1 is 1.29 bits per heavy atom. The van der Waals surface area contributed by atoms with Gasteiger partial charge in [0, 0.05) is 19.2 Å². The molecule has 0 unspecified atom stereocenters. The third-order valence-electron chi connectivity index (χ3n) is 6.37. The zero-order valence-corrected chi connectivity index (χ0v) is 14.0. The summed E-state index contributed by atoms with van der Waals surface area (Å²) < 4.78 is 20.1. The van der Waals surface area contributed by atoms with Crippen LogP contribution >= 0.6 is 0 Å². The van der Waals surface area contributed by atoms with Gasteiger partial charge in [-0.15, -0.1) is 0 Å². The van der Waals surface area contributed by atoms with E-state index in [2.05, 4.69) is 0 Å². The van der Waals surface area contributed by atoms with E-state index in [0.717, 1.165) is 12.8 Å². The van der Waals surface area contributed by atoms with Gasteiger partial charge < -0.3 is 14.7 Å². The van der Waals surface area contributed by atoms with Crippen LogP contribution in [-0.4, -0.2) is 47.3 Å². The molecule has 2 aliphatic carbocycles. The van der Waals surface area contributed by atoms with Gasteiger partial charge in [-0.3, -0.25) is 4.79 Å². The van der Waals surface area contributed by atoms with Crippen LogP contribution in [-0.2, 0) is 14.9 Å². The standard InChI is InChI=1S/C19H24FNO3/c1-24-19-7-6-13(22)12-16(19)21(11-10-19)17(23)18(8-9-18)14-4-2-3-5-15(14)20/h2-5,13,16,22H,6-12H2,1H3/t13-,16-,19+/m0/s1. The van der Waals surface area contributed by atoms with E-state index in [4.69, 9.17) is 4.74 Å². The number of ether oxygens (including phenoxy) is 1. The summed E-state index contributed by atoms with van der Waals surface area (Å²) in [6.45, 7) is 0.625. The summed E-state index contributed by atoms with van der Waals surface area (Å²) in [5.41, 5.74) is -0.543. The number of methoxy groups -OCH3 is 1. The van der Waals surface area contributed by atoms with Crippen LogP contribution in [0.3, 0.4) is 0 Å². The first-order valence-electron chi connectivity index (χ1n) is 8.82. The smallest absolute Gasteiger partial charge is 0.233 e. The Hall–Kier alpha value is -1.46. The molecule has 3 aliphatic rings. The van der Waals surface area contributed by atoms with Gasteiger partial charge >= 0.3 is 0 Å². The SMILES string of the molecule is CO[C@@]12CC[C@H](O)C[C@@H]1N(C(=O)C1(c3ccccc3F)CC1)CC2. The minimum atomic E-state index is -0.711. The first-order chi connectivity index (χ1) is 11.5. The summed E-state index contributed by atoms with van der Waals surface area (Å²) in [5.74, 6) is -0.296. The summed E-state index contributed by atoms with van der Waals surface area (Å²) in [6, 6.07) is 6.50. The van der Waals surface area contributed by atoms with Gasteiger partial charge in [-0.2, -0.15) is 0 Å². The fourth-order valence-corrected chi connectivity index (χ4v) is 4.77. The number of carbonyl (C=O) groups is 1. The molecule has 2 saturated carbocycles. The third kappa shape index (κ3) is 2.21. The number of benzene rings is 1. The number of nitrogens with zero attached hydrogens (tertiary/aromatic N) is 1. The van der Waals surface area contributed by atoms with Gasteiger partial charge in [-0.25, -0.2) is 4.39 Å². The van der Waals surface area contributed by atoms with Gasteiger partial charge in [0.25, 0.3) is 0 Å². The highest BCUT2D eigenvalue weighted by Gasteiger charge is 2.60. The van der Waals surface area contributed by atoms with Crippen molar-refractivity contribution >= 4 is 5.91 Å². The Balaban J connectivity index is 1.64. The second-order valence-corrected chi connectivity index (χ2v) is 7.52. The van der Waals surface area contributed by atoms with Gasteiger partial charge in [0.1, 0.15) is 5.82 Å². The second-order valence-electron chi connectivity index (χ2n) is 7.52. The van der Waals surface area contributed by atoms with E-state index < -0.39 is 11.5 Å². The highest BCUT2D eigenvalue weighted by molar-refractivity contribution is 5.92. The molecule has 1 saturated heterocycles. The molecule has 1 N–H and O–H groups in total. The number of carbonyl (C=O) groups excluding carboxylic acids is 1. The number of rotatable bonds is 3. The van der Waals surface area contributed by atoms with Crippen LogP contribution in [0.5, 0.6) is 0 Å². The minimum Gasteiger partial charge on any atom is -0.393 e. The zero-order valence-electron chi connectivity index (χ0n) is 14.0. The zero-order chi connectivity index (χ0) is 16.9. The normalized spacial score (nSPS) is 34.0. The molecular weight excluding hydrogens is 309 g/mol. The van der Waals surface area contributed by atoms with Gasteiger partial charge in [0.15, 0.2) is 0 Å². The molecular formula is C19H24FNO3. The van der Waals surface area contributed by atoms with Gasteiger partial charge in [0.05, 0.1) is 23.2 Å². The van der Waals surface area contributed by atoms with E-state index in [1.807, 2.05) is 4.90 Å². The molecule has 0 bridgehead atoms.